The third-order valence-electron chi connectivity index (χ3n) is 6.62. The number of hydrogen-bond donors (Lipinski definition) is 1. The SMILES string of the molecule is CCC(O)c1cc2nccc(-c3cc(Cl)cc(C)c3OC3CC4CCC3C4)c2s1. The number of ether oxygens (including phenoxy) is 1. The quantitative estimate of drug-likeness (QED) is 0.479. The largest absolute Gasteiger partial charge is 0.489 e. The minimum Gasteiger partial charge on any atom is -0.489 e. The van der Waals surface area contributed by atoms with Crippen molar-refractivity contribution >= 4 is 33.2 Å². The van der Waals surface area contributed by atoms with E-state index in [1.54, 1.807) is 11.3 Å². The third-order valence-corrected chi connectivity index (χ3v) is 8.10. The Kier molecular flexibility index (Phi) is 5.05. The summed E-state index contributed by atoms with van der Waals surface area (Å²) in [5.41, 5.74) is 4.10. The molecule has 0 radical (unpaired) electrons. The molecule has 0 saturated heterocycles. The molecule has 3 aromatic rings. The molecule has 4 atom stereocenters. The molecule has 2 aromatic heterocycles. The van der Waals surface area contributed by atoms with Crippen LogP contribution in [-0.2, 0) is 0 Å². The van der Waals surface area contributed by atoms with Crippen LogP contribution in [0.3, 0.4) is 0 Å². The van der Waals surface area contributed by atoms with E-state index in [0.717, 1.165) is 43.5 Å². The van der Waals surface area contributed by atoms with Gasteiger partial charge in [-0.1, -0.05) is 18.5 Å². The lowest BCUT2D eigenvalue weighted by molar-refractivity contribution is 0.138. The molecule has 2 aliphatic carbocycles. The number of aryl methyl sites for hydroxylation is 1. The molecule has 29 heavy (non-hydrogen) atoms. The van der Waals surface area contributed by atoms with Gasteiger partial charge in [0, 0.05) is 27.2 Å². The van der Waals surface area contributed by atoms with Gasteiger partial charge in [0.25, 0.3) is 0 Å². The number of halogens is 1. The predicted octanol–water partition coefficient (Wildman–Crippen LogP) is 6.94. The summed E-state index contributed by atoms with van der Waals surface area (Å²) < 4.78 is 7.76. The number of rotatable bonds is 5. The first-order chi connectivity index (χ1) is 14.0. The Bertz CT molecular complexity index is 1060. The molecular formula is C24H26ClNO2S. The zero-order valence-electron chi connectivity index (χ0n) is 16.8. The van der Waals surface area contributed by atoms with Crippen molar-refractivity contribution in [3.05, 3.63) is 45.9 Å². The molecule has 4 unspecified atom stereocenters. The normalized spacial score (nSPS) is 24.3. The highest BCUT2D eigenvalue weighted by molar-refractivity contribution is 7.19. The van der Waals surface area contributed by atoms with E-state index in [2.05, 4.69) is 11.9 Å². The molecule has 2 heterocycles. The Morgan fingerprint density at radius 2 is 2.10 bits per heavy atom. The molecule has 2 saturated carbocycles. The van der Waals surface area contributed by atoms with Crippen LogP contribution in [0.2, 0.25) is 5.02 Å². The summed E-state index contributed by atoms with van der Waals surface area (Å²) in [6, 6.07) is 8.05. The van der Waals surface area contributed by atoms with Gasteiger partial charge >= 0.3 is 0 Å². The fraction of sp³-hybridized carbons (Fsp3) is 0.458. The number of aliphatic hydroxyl groups is 1. The predicted molar refractivity (Wildman–Crippen MR) is 120 cm³/mol. The lowest BCUT2D eigenvalue weighted by Gasteiger charge is -2.26. The number of fused-ring (bicyclic) bond motifs is 3. The smallest absolute Gasteiger partial charge is 0.130 e. The summed E-state index contributed by atoms with van der Waals surface area (Å²) in [5.74, 6) is 2.47. The molecule has 2 aliphatic rings. The standard InChI is InChI=1S/C24H26ClNO2S/c1-3-20(27)22-12-19-24(29-22)17(6-7-26-19)18-11-16(25)8-13(2)23(18)28-21-10-14-4-5-15(21)9-14/h6-8,11-12,14-15,20-21,27H,3-5,9-10H2,1-2H3. The van der Waals surface area contributed by atoms with Crippen LogP contribution in [0, 0.1) is 18.8 Å². The Hall–Kier alpha value is -1.62. The molecular weight excluding hydrogens is 402 g/mol. The average molecular weight is 428 g/mol. The highest BCUT2D eigenvalue weighted by atomic mass is 35.5. The molecule has 0 aliphatic heterocycles. The van der Waals surface area contributed by atoms with Crippen molar-refractivity contribution in [3.8, 4) is 16.9 Å². The van der Waals surface area contributed by atoms with Gasteiger partial charge in [-0.25, -0.2) is 0 Å². The molecule has 2 bridgehead atoms. The Morgan fingerprint density at radius 1 is 1.24 bits per heavy atom. The van der Waals surface area contributed by atoms with E-state index >= 15 is 0 Å². The van der Waals surface area contributed by atoms with Gasteiger partial charge in [-0.3, -0.25) is 4.98 Å². The maximum Gasteiger partial charge on any atom is 0.130 e. The molecule has 152 valence electrons. The van der Waals surface area contributed by atoms with E-state index in [1.807, 2.05) is 37.4 Å². The molecule has 1 N–H and O–H groups in total. The lowest BCUT2D eigenvalue weighted by Crippen LogP contribution is -2.24. The van der Waals surface area contributed by atoms with Gasteiger partial charge in [0.2, 0.25) is 0 Å². The van der Waals surface area contributed by atoms with Crippen LogP contribution in [0.15, 0.2) is 30.5 Å². The topological polar surface area (TPSA) is 42.4 Å². The first-order valence-corrected chi connectivity index (χ1v) is 11.8. The van der Waals surface area contributed by atoms with Crippen LogP contribution in [0.4, 0.5) is 0 Å². The summed E-state index contributed by atoms with van der Waals surface area (Å²) in [6.45, 7) is 4.07. The Morgan fingerprint density at radius 3 is 2.83 bits per heavy atom. The monoisotopic (exact) mass is 427 g/mol. The Balaban J connectivity index is 1.61. The molecule has 1 aromatic carbocycles. The van der Waals surface area contributed by atoms with Gasteiger partial charge < -0.3 is 9.84 Å². The van der Waals surface area contributed by atoms with E-state index in [9.17, 15) is 5.11 Å². The van der Waals surface area contributed by atoms with E-state index in [0.29, 0.717) is 23.5 Å². The molecule has 5 rings (SSSR count). The molecule has 0 spiro atoms. The van der Waals surface area contributed by atoms with Crippen molar-refractivity contribution in [3.63, 3.8) is 0 Å². The average Bonchev–Trinajstić information content (AvgIpc) is 3.43. The van der Waals surface area contributed by atoms with E-state index < -0.39 is 6.10 Å². The van der Waals surface area contributed by atoms with Crippen LogP contribution in [-0.4, -0.2) is 16.2 Å². The first-order valence-electron chi connectivity index (χ1n) is 10.6. The van der Waals surface area contributed by atoms with Gasteiger partial charge in [0.15, 0.2) is 0 Å². The second-order valence-electron chi connectivity index (χ2n) is 8.58. The van der Waals surface area contributed by atoms with Gasteiger partial charge in [0.1, 0.15) is 11.9 Å². The van der Waals surface area contributed by atoms with Crippen molar-refractivity contribution in [1.29, 1.82) is 0 Å². The van der Waals surface area contributed by atoms with Crippen molar-refractivity contribution in [2.75, 3.05) is 0 Å². The number of aromatic nitrogens is 1. The van der Waals surface area contributed by atoms with Gasteiger partial charge in [-0.05, 0) is 80.7 Å². The van der Waals surface area contributed by atoms with Gasteiger partial charge in [0.05, 0.1) is 16.3 Å². The molecule has 0 amide bonds. The summed E-state index contributed by atoms with van der Waals surface area (Å²) in [5, 5.41) is 11.0. The summed E-state index contributed by atoms with van der Waals surface area (Å²) in [6.07, 6.45) is 7.53. The van der Waals surface area contributed by atoms with Crippen molar-refractivity contribution in [2.24, 2.45) is 11.8 Å². The van der Waals surface area contributed by atoms with Gasteiger partial charge in [-0.15, -0.1) is 11.3 Å². The van der Waals surface area contributed by atoms with E-state index in [4.69, 9.17) is 16.3 Å². The van der Waals surface area contributed by atoms with Gasteiger partial charge in [-0.2, -0.15) is 0 Å². The minimum absolute atomic E-state index is 0.311. The molecule has 5 heteroatoms. The van der Waals surface area contributed by atoms with Crippen molar-refractivity contribution in [2.45, 2.75) is 58.2 Å². The number of nitrogens with zero attached hydrogens (tertiary/aromatic N) is 1. The second kappa shape index (κ2) is 7.57. The third kappa shape index (κ3) is 3.45. The first kappa shape index (κ1) is 19.3. The number of aliphatic hydroxyl groups excluding tert-OH is 1. The van der Waals surface area contributed by atoms with Crippen LogP contribution < -0.4 is 4.74 Å². The van der Waals surface area contributed by atoms with Crippen molar-refractivity contribution < 1.29 is 9.84 Å². The fourth-order valence-corrected chi connectivity index (χ4v) is 6.59. The van der Waals surface area contributed by atoms with Crippen molar-refractivity contribution in [1.82, 2.24) is 4.98 Å². The number of thiophene rings is 1. The second-order valence-corrected chi connectivity index (χ2v) is 10.1. The highest BCUT2D eigenvalue weighted by Crippen LogP contribution is 2.48. The maximum absolute atomic E-state index is 10.3. The minimum atomic E-state index is -0.451. The van der Waals surface area contributed by atoms with Crippen LogP contribution in [0.5, 0.6) is 5.75 Å². The molecule has 2 fully saturated rings. The number of pyridine rings is 1. The summed E-state index contributed by atoms with van der Waals surface area (Å²) >= 11 is 8.09. The lowest BCUT2D eigenvalue weighted by atomic mass is 9.97. The van der Waals surface area contributed by atoms with Crippen LogP contribution >= 0.6 is 22.9 Å². The Labute approximate surface area is 180 Å². The number of hydrogen-bond acceptors (Lipinski definition) is 4. The van der Waals surface area contributed by atoms with E-state index in [-0.39, 0.29) is 0 Å². The highest BCUT2D eigenvalue weighted by Gasteiger charge is 2.41. The van der Waals surface area contributed by atoms with Crippen LogP contribution in [0.1, 0.15) is 55.6 Å². The van der Waals surface area contributed by atoms with E-state index in [1.165, 1.54) is 25.7 Å². The zero-order valence-corrected chi connectivity index (χ0v) is 18.4. The summed E-state index contributed by atoms with van der Waals surface area (Å²) in [7, 11) is 0. The molecule has 3 nitrogen and oxygen atoms in total. The van der Waals surface area contributed by atoms with Crippen LogP contribution in [0.25, 0.3) is 21.3 Å². The zero-order chi connectivity index (χ0) is 20.1. The maximum atomic E-state index is 10.3. The fourth-order valence-electron chi connectivity index (χ4n) is 5.10. The number of benzene rings is 1. The summed E-state index contributed by atoms with van der Waals surface area (Å²) in [4.78, 5) is 5.49.